The Hall–Kier alpha value is -3.54. The van der Waals surface area contributed by atoms with Crippen LogP contribution in [0.1, 0.15) is 21.7 Å². The Morgan fingerprint density at radius 2 is 1.93 bits per heavy atom. The number of hydrogen-bond acceptors (Lipinski definition) is 5. The van der Waals surface area contributed by atoms with E-state index in [1.165, 1.54) is 18.4 Å². The van der Waals surface area contributed by atoms with Crippen molar-refractivity contribution in [2.75, 3.05) is 11.6 Å². The predicted octanol–water partition coefficient (Wildman–Crippen LogP) is 4.39. The van der Waals surface area contributed by atoms with Gasteiger partial charge in [0, 0.05) is 11.8 Å². The second-order valence-corrected chi connectivity index (χ2v) is 6.32. The summed E-state index contributed by atoms with van der Waals surface area (Å²) in [5.41, 5.74) is 2.12. The molecule has 1 aromatic heterocycles. The maximum absolute atomic E-state index is 13.2. The molecule has 5 rings (SSSR count). The Labute approximate surface area is 154 Å². The van der Waals surface area contributed by atoms with Gasteiger partial charge in [-0.3, -0.25) is 4.79 Å². The van der Waals surface area contributed by atoms with Crippen LogP contribution in [0.3, 0.4) is 0 Å². The fourth-order valence-electron chi connectivity index (χ4n) is 3.28. The summed E-state index contributed by atoms with van der Waals surface area (Å²) in [6, 6.07) is 13.2. The van der Waals surface area contributed by atoms with Crippen molar-refractivity contribution in [3.63, 3.8) is 0 Å². The molecule has 5 nitrogen and oxygen atoms in total. The smallest absolute Gasteiger partial charge is 0.232 e. The number of anilines is 1. The Morgan fingerprint density at radius 3 is 2.70 bits per heavy atom. The summed E-state index contributed by atoms with van der Waals surface area (Å²) in [5, 5.41) is 0. The Balaban J connectivity index is 1.50. The Bertz CT molecular complexity index is 1050. The maximum atomic E-state index is 13.2. The number of carbonyl (C=O) groups excluding carboxylic acids is 1. The van der Waals surface area contributed by atoms with Gasteiger partial charge in [0.15, 0.2) is 12.5 Å². The minimum absolute atomic E-state index is 0.192. The molecule has 0 aliphatic carbocycles. The SMILES string of the molecule is O=C1C(=Cc2ccco2)Oc2c1ccc1c2CN(c2ccc(F)cc2)CO1. The third-order valence-corrected chi connectivity index (χ3v) is 4.63. The highest BCUT2D eigenvalue weighted by Gasteiger charge is 2.33. The quantitative estimate of drug-likeness (QED) is 0.632. The normalized spacial score (nSPS) is 16.7. The molecule has 0 saturated heterocycles. The lowest BCUT2D eigenvalue weighted by Crippen LogP contribution is -2.32. The lowest BCUT2D eigenvalue weighted by Gasteiger charge is -2.31. The van der Waals surface area contributed by atoms with Gasteiger partial charge >= 0.3 is 0 Å². The first-order valence-corrected chi connectivity index (χ1v) is 8.46. The lowest BCUT2D eigenvalue weighted by atomic mass is 10.0. The van der Waals surface area contributed by atoms with Crippen molar-refractivity contribution in [3.8, 4) is 11.5 Å². The molecule has 0 N–H and O–H groups in total. The minimum atomic E-state index is -0.292. The van der Waals surface area contributed by atoms with E-state index in [0.29, 0.717) is 36.1 Å². The third kappa shape index (κ3) is 2.66. The molecule has 0 spiro atoms. The monoisotopic (exact) mass is 363 g/mol. The number of carbonyl (C=O) groups is 1. The van der Waals surface area contributed by atoms with Crippen molar-refractivity contribution >= 4 is 17.5 Å². The van der Waals surface area contributed by atoms with Crippen LogP contribution in [-0.4, -0.2) is 12.5 Å². The molecule has 2 aliphatic rings. The highest BCUT2D eigenvalue weighted by atomic mass is 19.1. The number of hydrogen-bond donors (Lipinski definition) is 0. The van der Waals surface area contributed by atoms with E-state index in [2.05, 4.69) is 0 Å². The van der Waals surface area contributed by atoms with Crippen LogP contribution in [0.25, 0.3) is 6.08 Å². The van der Waals surface area contributed by atoms with Gasteiger partial charge in [-0.05, 0) is 48.5 Å². The van der Waals surface area contributed by atoms with Crippen molar-refractivity contribution in [3.05, 3.63) is 83.3 Å². The number of Topliss-reactive ketones (excluding diaryl/α,β-unsaturated/α-hetero) is 1. The second-order valence-electron chi connectivity index (χ2n) is 6.32. The summed E-state index contributed by atoms with van der Waals surface area (Å²) in [6.45, 7) is 0.825. The number of ketones is 1. The maximum Gasteiger partial charge on any atom is 0.232 e. The van der Waals surface area contributed by atoms with Gasteiger partial charge in [-0.2, -0.15) is 0 Å². The van der Waals surface area contributed by atoms with Crippen LogP contribution in [0.5, 0.6) is 11.5 Å². The van der Waals surface area contributed by atoms with E-state index in [4.69, 9.17) is 13.9 Å². The van der Waals surface area contributed by atoms with Crippen molar-refractivity contribution in [1.82, 2.24) is 0 Å². The highest BCUT2D eigenvalue weighted by Crippen LogP contribution is 2.42. The summed E-state index contributed by atoms with van der Waals surface area (Å²) in [6.07, 6.45) is 3.12. The van der Waals surface area contributed by atoms with Gasteiger partial charge in [0.25, 0.3) is 0 Å². The van der Waals surface area contributed by atoms with Crippen molar-refractivity contribution in [2.45, 2.75) is 6.54 Å². The van der Waals surface area contributed by atoms with Crippen LogP contribution >= 0.6 is 0 Å². The van der Waals surface area contributed by atoms with Crippen molar-refractivity contribution in [2.24, 2.45) is 0 Å². The summed E-state index contributed by atoms with van der Waals surface area (Å²) < 4.78 is 30.2. The van der Waals surface area contributed by atoms with E-state index >= 15 is 0 Å². The number of furan rings is 1. The lowest BCUT2D eigenvalue weighted by molar-refractivity contribution is 0.101. The molecule has 27 heavy (non-hydrogen) atoms. The third-order valence-electron chi connectivity index (χ3n) is 4.63. The summed E-state index contributed by atoms with van der Waals surface area (Å²) in [4.78, 5) is 14.6. The van der Waals surface area contributed by atoms with Crippen molar-refractivity contribution < 1.29 is 23.1 Å². The van der Waals surface area contributed by atoms with E-state index in [-0.39, 0.29) is 17.4 Å². The highest BCUT2D eigenvalue weighted by molar-refractivity contribution is 6.14. The van der Waals surface area contributed by atoms with E-state index in [1.807, 2.05) is 4.90 Å². The molecule has 0 amide bonds. The number of rotatable bonds is 2. The van der Waals surface area contributed by atoms with Crippen LogP contribution in [0, 0.1) is 5.82 Å². The molecular weight excluding hydrogens is 349 g/mol. The molecular formula is C21H14FNO4. The Morgan fingerprint density at radius 1 is 1.07 bits per heavy atom. The van der Waals surface area contributed by atoms with Crippen molar-refractivity contribution in [1.29, 1.82) is 0 Å². The average Bonchev–Trinajstić information content (AvgIpc) is 3.31. The number of allylic oxidation sites excluding steroid dienone is 1. The van der Waals surface area contributed by atoms with Crippen LogP contribution in [0.15, 0.2) is 65.0 Å². The van der Waals surface area contributed by atoms with E-state index in [9.17, 15) is 9.18 Å². The largest absolute Gasteiger partial charge is 0.473 e. The molecule has 0 bridgehead atoms. The van der Waals surface area contributed by atoms with Crippen LogP contribution in [0.4, 0.5) is 10.1 Å². The zero-order valence-electron chi connectivity index (χ0n) is 14.1. The van der Waals surface area contributed by atoms with Gasteiger partial charge in [-0.1, -0.05) is 0 Å². The van der Waals surface area contributed by atoms with Gasteiger partial charge in [-0.15, -0.1) is 0 Å². The van der Waals surface area contributed by atoms with E-state index in [0.717, 1.165) is 11.3 Å². The number of nitrogens with zero attached hydrogens (tertiary/aromatic N) is 1. The molecule has 3 heterocycles. The topological polar surface area (TPSA) is 51.9 Å². The van der Waals surface area contributed by atoms with Crippen LogP contribution < -0.4 is 14.4 Å². The molecule has 134 valence electrons. The van der Waals surface area contributed by atoms with Crippen LogP contribution in [0.2, 0.25) is 0 Å². The Kier molecular flexibility index (Phi) is 3.50. The number of halogens is 1. The first-order valence-electron chi connectivity index (χ1n) is 8.46. The van der Waals surface area contributed by atoms with Gasteiger partial charge < -0.3 is 18.8 Å². The summed E-state index contributed by atoms with van der Waals surface area (Å²) in [5.74, 6) is 1.46. The first-order chi connectivity index (χ1) is 13.2. The number of benzene rings is 2. The zero-order chi connectivity index (χ0) is 18.4. The van der Waals surface area contributed by atoms with Gasteiger partial charge in [0.05, 0.1) is 23.9 Å². The fraction of sp³-hybridized carbons (Fsp3) is 0.0952. The standard InChI is InChI=1S/C21H14FNO4/c22-13-3-5-14(6-4-13)23-11-17-18(26-12-23)8-7-16-20(24)19(27-21(16)17)10-15-2-1-9-25-15/h1-10H,11-12H2. The molecule has 0 fully saturated rings. The number of fused-ring (bicyclic) bond motifs is 3. The molecule has 6 heteroatoms. The molecule has 0 unspecified atom stereocenters. The van der Waals surface area contributed by atoms with E-state index < -0.39 is 0 Å². The second kappa shape index (κ2) is 6.02. The molecule has 0 atom stereocenters. The zero-order valence-corrected chi connectivity index (χ0v) is 14.1. The van der Waals surface area contributed by atoms with Crippen LogP contribution in [-0.2, 0) is 6.54 Å². The van der Waals surface area contributed by atoms with E-state index in [1.54, 1.807) is 42.5 Å². The molecule has 2 aliphatic heterocycles. The minimum Gasteiger partial charge on any atom is -0.473 e. The molecule has 0 saturated carbocycles. The molecule has 3 aromatic rings. The predicted molar refractivity (Wildman–Crippen MR) is 96.2 cm³/mol. The van der Waals surface area contributed by atoms with Gasteiger partial charge in [0.2, 0.25) is 5.78 Å². The average molecular weight is 363 g/mol. The van der Waals surface area contributed by atoms with Gasteiger partial charge in [0.1, 0.15) is 23.1 Å². The fourth-order valence-corrected chi connectivity index (χ4v) is 3.28. The molecule has 0 radical (unpaired) electrons. The summed E-state index contributed by atoms with van der Waals surface area (Å²) >= 11 is 0. The number of ether oxygens (including phenoxy) is 2. The summed E-state index contributed by atoms with van der Waals surface area (Å²) in [7, 11) is 0. The molecule has 2 aromatic carbocycles. The van der Waals surface area contributed by atoms with Gasteiger partial charge in [-0.25, -0.2) is 4.39 Å². The first kappa shape index (κ1) is 15.7.